The number of halogens is 1. The molecule has 21 heavy (non-hydrogen) atoms. The van der Waals surface area contributed by atoms with Crippen LogP contribution in [0.3, 0.4) is 0 Å². The molecule has 4 aromatic rings. The lowest BCUT2D eigenvalue weighted by atomic mass is 10.1. The predicted octanol–water partition coefficient (Wildman–Crippen LogP) is 5.10. The molecular weight excluding hydrogens is 280 g/mol. The monoisotopic (exact) mass is 290 g/mol. The summed E-state index contributed by atoms with van der Waals surface area (Å²) in [5, 5.41) is 3.05. The number of aromatic nitrogens is 2. The predicted molar refractivity (Wildman–Crippen MR) is 87.5 cm³/mol. The van der Waals surface area contributed by atoms with Crippen molar-refractivity contribution in [3.63, 3.8) is 0 Å². The molecule has 0 aliphatic rings. The molecule has 1 aromatic heterocycles. The van der Waals surface area contributed by atoms with E-state index in [9.17, 15) is 0 Å². The van der Waals surface area contributed by atoms with Gasteiger partial charge in [0.05, 0.1) is 22.9 Å². The van der Waals surface area contributed by atoms with Crippen LogP contribution >= 0.6 is 11.6 Å². The molecule has 0 N–H and O–H groups in total. The van der Waals surface area contributed by atoms with Gasteiger partial charge in [0.2, 0.25) is 0 Å². The number of nitrogens with zero attached hydrogens (tertiary/aromatic N) is 2. The highest BCUT2D eigenvalue weighted by molar-refractivity contribution is 6.30. The van der Waals surface area contributed by atoms with E-state index in [1.165, 1.54) is 10.8 Å². The van der Waals surface area contributed by atoms with Gasteiger partial charge in [0.1, 0.15) is 0 Å². The Labute approximate surface area is 127 Å². The molecule has 0 atom stereocenters. The lowest BCUT2D eigenvalue weighted by Gasteiger charge is -2.05. The highest BCUT2D eigenvalue weighted by Crippen LogP contribution is 2.24. The second kappa shape index (κ2) is 4.83. The Kier molecular flexibility index (Phi) is 2.83. The Morgan fingerprint density at radius 3 is 2.29 bits per heavy atom. The Hall–Kier alpha value is -2.45. The number of hydrogen-bond acceptors (Lipinski definition) is 2. The minimum atomic E-state index is 0.702. The maximum Gasteiger partial charge on any atom is 0.0900 e. The number of benzene rings is 3. The molecular formula is C18H11ClN2. The second-order valence-corrected chi connectivity index (χ2v) is 5.39. The van der Waals surface area contributed by atoms with Crippen LogP contribution in [0.2, 0.25) is 5.02 Å². The minimum Gasteiger partial charge on any atom is -0.252 e. The Morgan fingerprint density at radius 2 is 1.52 bits per heavy atom. The van der Waals surface area contributed by atoms with Gasteiger partial charge in [-0.05, 0) is 35.0 Å². The zero-order chi connectivity index (χ0) is 14.2. The normalized spacial score (nSPS) is 11.1. The van der Waals surface area contributed by atoms with E-state index in [0.29, 0.717) is 5.02 Å². The molecule has 0 radical (unpaired) electrons. The molecule has 0 spiro atoms. The summed E-state index contributed by atoms with van der Waals surface area (Å²) in [6.07, 6.45) is 1.79. The third kappa shape index (κ3) is 2.24. The number of fused-ring (bicyclic) bond motifs is 2. The highest BCUT2D eigenvalue weighted by Gasteiger charge is 2.04. The number of hydrogen-bond donors (Lipinski definition) is 0. The van der Waals surface area contributed by atoms with Crippen LogP contribution < -0.4 is 0 Å². The van der Waals surface area contributed by atoms with Crippen LogP contribution in [0.25, 0.3) is 33.1 Å². The van der Waals surface area contributed by atoms with Gasteiger partial charge in [-0.1, -0.05) is 48.0 Å². The molecule has 0 aliphatic heterocycles. The Bertz CT molecular complexity index is 963. The minimum absolute atomic E-state index is 0.702. The van der Waals surface area contributed by atoms with Gasteiger partial charge in [-0.25, -0.2) is 4.98 Å². The first kappa shape index (κ1) is 12.3. The summed E-state index contributed by atoms with van der Waals surface area (Å²) in [5.74, 6) is 0. The largest absolute Gasteiger partial charge is 0.252 e. The van der Waals surface area contributed by atoms with Gasteiger partial charge in [0, 0.05) is 10.6 Å². The molecule has 0 unspecified atom stereocenters. The zero-order valence-corrected chi connectivity index (χ0v) is 11.9. The quantitative estimate of drug-likeness (QED) is 0.456. The molecule has 100 valence electrons. The lowest BCUT2D eigenvalue weighted by molar-refractivity contribution is 1.30. The summed E-state index contributed by atoms with van der Waals surface area (Å²) in [4.78, 5) is 9.25. The van der Waals surface area contributed by atoms with Gasteiger partial charge in [-0.3, -0.25) is 4.98 Å². The van der Waals surface area contributed by atoms with Crippen molar-refractivity contribution >= 4 is 33.4 Å². The first-order valence-electron chi connectivity index (χ1n) is 6.71. The highest BCUT2D eigenvalue weighted by atomic mass is 35.5. The van der Waals surface area contributed by atoms with E-state index in [2.05, 4.69) is 29.2 Å². The van der Waals surface area contributed by atoms with Crippen LogP contribution in [0.4, 0.5) is 0 Å². The van der Waals surface area contributed by atoms with Crippen LogP contribution in [-0.4, -0.2) is 9.97 Å². The Balaban J connectivity index is 1.95. The maximum atomic E-state index is 6.04. The second-order valence-electron chi connectivity index (χ2n) is 4.95. The van der Waals surface area contributed by atoms with Gasteiger partial charge in [-0.15, -0.1) is 0 Å². The van der Waals surface area contributed by atoms with Gasteiger partial charge >= 0.3 is 0 Å². The van der Waals surface area contributed by atoms with E-state index in [1.807, 2.05) is 36.4 Å². The molecule has 3 aromatic carbocycles. The fourth-order valence-corrected chi connectivity index (χ4v) is 2.68. The van der Waals surface area contributed by atoms with Crippen LogP contribution in [-0.2, 0) is 0 Å². The van der Waals surface area contributed by atoms with Gasteiger partial charge < -0.3 is 0 Å². The fourth-order valence-electron chi connectivity index (χ4n) is 2.49. The fraction of sp³-hybridized carbons (Fsp3) is 0. The Morgan fingerprint density at radius 1 is 0.762 bits per heavy atom. The first-order valence-corrected chi connectivity index (χ1v) is 7.09. The number of rotatable bonds is 1. The summed E-state index contributed by atoms with van der Waals surface area (Å²) in [6, 6.07) is 20.0. The van der Waals surface area contributed by atoms with Crippen molar-refractivity contribution in [2.24, 2.45) is 0 Å². The molecule has 0 fully saturated rings. The van der Waals surface area contributed by atoms with Gasteiger partial charge in [0.25, 0.3) is 0 Å². The molecule has 2 nitrogen and oxygen atoms in total. The molecule has 4 rings (SSSR count). The average Bonchev–Trinajstić information content (AvgIpc) is 2.52. The van der Waals surface area contributed by atoms with Crippen LogP contribution in [0.15, 0.2) is 66.9 Å². The van der Waals surface area contributed by atoms with E-state index in [1.54, 1.807) is 6.20 Å². The topological polar surface area (TPSA) is 25.8 Å². The van der Waals surface area contributed by atoms with E-state index >= 15 is 0 Å². The van der Waals surface area contributed by atoms with Crippen molar-refractivity contribution in [3.8, 4) is 11.3 Å². The van der Waals surface area contributed by atoms with E-state index in [0.717, 1.165) is 22.3 Å². The molecule has 0 aliphatic carbocycles. The average molecular weight is 291 g/mol. The molecule has 1 heterocycles. The van der Waals surface area contributed by atoms with Crippen LogP contribution in [0, 0.1) is 0 Å². The summed E-state index contributed by atoms with van der Waals surface area (Å²) < 4.78 is 0. The van der Waals surface area contributed by atoms with Crippen molar-refractivity contribution in [3.05, 3.63) is 71.9 Å². The van der Waals surface area contributed by atoms with Crippen LogP contribution in [0.5, 0.6) is 0 Å². The summed E-state index contributed by atoms with van der Waals surface area (Å²) in [6.45, 7) is 0. The van der Waals surface area contributed by atoms with E-state index in [-0.39, 0.29) is 0 Å². The summed E-state index contributed by atoms with van der Waals surface area (Å²) in [5.41, 5.74) is 3.61. The third-order valence-electron chi connectivity index (χ3n) is 3.53. The van der Waals surface area contributed by atoms with Crippen molar-refractivity contribution in [1.29, 1.82) is 0 Å². The molecule has 3 heteroatoms. The summed E-state index contributed by atoms with van der Waals surface area (Å²) >= 11 is 6.04. The molecule has 0 saturated heterocycles. The SMILES string of the molecule is Clc1cccc(-c2cnc3cc4ccccc4cc3n2)c1. The molecule has 0 bridgehead atoms. The summed E-state index contributed by atoms with van der Waals surface area (Å²) in [7, 11) is 0. The standard InChI is InChI=1S/C18H11ClN2/c19-15-7-3-6-14(8-15)18-11-20-16-9-12-4-1-2-5-13(12)10-17(16)21-18/h1-11H. The molecule has 0 saturated carbocycles. The van der Waals surface area contributed by atoms with E-state index in [4.69, 9.17) is 16.6 Å². The first-order chi connectivity index (χ1) is 10.3. The molecule has 0 amide bonds. The van der Waals surface area contributed by atoms with E-state index < -0.39 is 0 Å². The van der Waals surface area contributed by atoms with Gasteiger partial charge in [-0.2, -0.15) is 0 Å². The maximum absolute atomic E-state index is 6.04. The third-order valence-corrected chi connectivity index (χ3v) is 3.77. The van der Waals surface area contributed by atoms with Crippen molar-refractivity contribution < 1.29 is 0 Å². The smallest absolute Gasteiger partial charge is 0.0900 e. The lowest BCUT2D eigenvalue weighted by Crippen LogP contribution is -1.89. The van der Waals surface area contributed by atoms with Crippen molar-refractivity contribution in [1.82, 2.24) is 9.97 Å². The van der Waals surface area contributed by atoms with Crippen molar-refractivity contribution in [2.75, 3.05) is 0 Å². The van der Waals surface area contributed by atoms with Crippen molar-refractivity contribution in [2.45, 2.75) is 0 Å². The zero-order valence-electron chi connectivity index (χ0n) is 11.1. The van der Waals surface area contributed by atoms with Crippen LogP contribution in [0.1, 0.15) is 0 Å². The van der Waals surface area contributed by atoms with Gasteiger partial charge in [0.15, 0.2) is 0 Å².